The van der Waals surface area contributed by atoms with E-state index in [0.29, 0.717) is 0 Å². The molecule has 1 aromatic carbocycles. The van der Waals surface area contributed by atoms with Crippen LogP contribution in [0.1, 0.15) is 18.6 Å². The molecular formula is C15H13NO2. The first-order valence-electron chi connectivity index (χ1n) is 5.86. The van der Waals surface area contributed by atoms with E-state index in [4.69, 9.17) is 4.42 Å². The van der Waals surface area contributed by atoms with Crippen molar-refractivity contribution < 1.29 is 9.52 Å². The van der Waals surface area contributed by atoms with Crippen molar-refractivity contribution in [3.05, 3.63) is 54.4 Å². The Morgan fingerprint density at radius 1 is 1.22 bits per heavy atom. The predicted octanol–water partition coefficient (Wildman–Crippen LogP) is 3.55. The first-order valence-corrected chi connectivity index (χ1v) is 5.86. The molecule has 0 saturated carbocycles. The van der Waals surface area contributed by atoms with Gasteiger partial charge in [0.25, 0.3) is 0 Å². The van der Waals surface area contributed by atoms with Crippen molar-refractivity contribution in [1.82, 2.24) is 4.98 Å². The molecule has 3 nitrogen and oxygen atoms in total. The monoisotopic (exact) mass is 239 g/mol. The third kappa shape index (κ3) is 1.79. The van der Waals surface area contributed by atoms with Gasteiger partial charge in [0.1, 0.15) is 11.3 Å². The summed E-state index contributed by atoms with van der Waals surface area (Å²) in [6, 6.07) is 11.6. The average Bonchev–Trinajstić information content (AvgIpc) is 2.82. The zero-order valence-electron chi connectivity index (χ0n) is 10.00. The Labute approximate surface area is 105 Å². The average molecular weight is 239 g/mol. The van der Waals surface area contributed by atoms with Crippen LogP contribution in [0.4, 0.5) is 0 Å². The van der Waals surface area contributed by atoms with Gasteiger partial charge in [-0.25, -0.2) is 0 Å². The maximum atomic E-state index is 9.77. The molecular weight excluding hydrogens is 226 g/mol. The zero-order chi connectivity index (χ0) is 12.5. The lowest BCUT2D eigenvalue weighted by molar-refractivity contribution is 0.199. The molecule has 3 heteroatoms. The van der Waals surface area contributed by atoms with Crippen molar-refractivity contribution in [2.24, 2.45) is 0 Å². The van der Waals surface area contributed by atoms with E-state index >= 15 is 0 Å². The molecule has 3 aromatic rings. The second kappa shape index (κ2) is 4.27. The normalized spacial score (nSPS) is 12.8. The number of furan rings is 1. The molecule has 0 bridgehead atoms. The molecule has 0 spiro atoms. The summed E-state index contributed by atoms with van der Waals surface area (Å²) in [5.74, 6) is 0.736. The van der Waals surface area contributed by atoms with E-state index in [9.17, 15) is 5.11 Å². The van der Waals surface area contributed by atoms with Crippen LogP contribution in [0.5, 0.6) is 0 Å². The van der Waals surface area contributed by atoms with Gasteiger partial charge in [-0.15, -0.1) is 0 Å². The number of aromatic nitrogens is 1. The zero-order valence-corrected chi connectivity index (χ0v) is 10.00. The minimum absolute atomic E-state index is 0.545. The number of rotatable bonds is 2. The third-order valence-corrected chi connectivity index (χ3v) is 3.00. The molecule has 0 amide bonds. The van der Waals surface area contributed by atoms with Crippen LogP contribution in [0, 0.1) is 0 Å². The molecule has 90 valence electrons. The number of aliphatic hydroxyl groups excluding tert-OH is 1. The van der Waals surface area contributed by atoms with E-state index in [2.05, 4.69) is 4.98 Å². The van der Waals surface area contributed by atoms with Gasteiger partial charge in [0.15, 0.2) is 0 Å². The van der Waals surface area contributed by atoms with Gasteiger partial charge < -0.3 is 9.52 Å². The van der Waals surface area contributed by atoms with Crippen molar-refractivity contribution in [1.29, 1.82) is 0 Å². The van der Waals surface area contributed by atoms with Gasteiger partial charge in [-0.2, -0.15) is 0 Å². The van der Waals surface area contributed by atoms with Crippen molar-refractivity contribution in [2.75, 3.05) is 0 Å². The van der Waals surface area contributed by atoms with Gasteiger partial charge in [-0.05, 0) is 30.7 Å². The van der Waals surface area contributed by atoms with E-state index in [-0.39, 0.29) is 0 Å². The predicted molar refractivity (Wildman–Crippen MR) is 70.1 cm³/mol. The maximum Gasteiger partial charge on any atom is 0.137 e. The molecule has 0 fully saturated rings. The molecule has 2 aromatic heterocycles. The third-order valence-electron chi connectivity index (χ3n) is 3.00. The molecule has 0 aliphatic carbocycles. The lowest BCUT2D eigenvalue weighted by atomic mass is 10.0. The van der Waals surface area contributed by atoms with Gasteiger partial charge >= 0.3 is 0 Å². The molecule has 18 heavy (non-hydrogen) atoms. The summed E-state index contributed by atoms with van der Waals surface area (Å²) in [6.45, 7) is 1.74. The first kappa shape index (κ1) is 11.0. The van der Waals surface area contributed by atoms with Gasteiger partial charge in [0, 0.05) is 23.3 Å². The Morgan fingerprint density at radius 3 is 2.83 bits per heavy atom. The second-order valence-corrected chi connectivity index (χ2v) is 4.29. The van der Waals surface area contributed by atoms with Gasteiger partial charge in [0.2, 0.25) is 0 Å². The maximum absolute atomic E-state index is 9.77. The Hall–Kier alpha value is -2.13. The number of benzene rings is 1. The number of para-hydroxylation sites is 1. The summed E-state index contributed by atoms with van der Waals surface area (Å²) in [7, 11) is 0. The van der Waals surface area contributed by atoms with Gasteiger partial charge in [-0.3, -0.25) is 4.98 Å². The van der Waals surface area contributed by atoms with Crippen LogP contribution in [0.15, 0.2) is 53.2 Å². The highest BCUT2D eigenvalue weighted by Gasteiger charge is 2.13. The number of nitrogens with zero attached hydrogens (tertiary/aromatic N) is 1. The fourth-order valence-electron chi connectivity index (χ4n) is 2.09. The summed E-state index contributed by atoms with van der Waals surface area (Å²) < 4.78 is 5.79. The molecule has 2 heterocycles. The fraction of sp³-hybridized carbons (Fsp3) is 0.133. The highest BCUT2D eigenvalue weighted by atomic mass is 16.3. The van der Waals surface area contributed by atoms with Gasteiger partial charge in [0.05, 0.1) is 6.10 Å². The summed E-state index contributed by atoms with van der Waals surface area (Å²) in [5.41, 5.74) is 2.50. The Morgan fingerprint density at radius 2 is 2.06 bits per heavy atom. The van der Waals surface area contributed by atoms with Crippen LogP contribution in [-0.2, 0) is 0 Å². The quantitative estimate of drug-likeness (QED) is 0.743. The van der Waals surface area contributed by atoms with Crippen molar-refractivity contribution in [2.45, 2.75) is 13.0 Å². The SMILES string of the molecule is CC(O)c1ccncc1-c1cc2ccccc2o1. The van der Waals surface area contributed by atoms with E-state index in [0.717, 1.165) is 27.9 Å². The fourth-order valence-corrected chi connectivity index (χ4v) is 2.09. The standard InChI is InChI=1S/C15H13NO2/c1-10(17)12-6-7-16-9-13(12)15-8-11-4-2-3-5-14(11)18-15/h2-10,17H,1H3. The minimum Gasteiger partial charge on any atom is -0.456 e. The summed E-state index contributed by atoms with van der Waals surface area (Å²) in [4.78, 5) is 4.10. The molecule has 0 aliphatic heterocycles. The lowest BCUT2D eigenvalue weighted by Gasteiger charge is -2.08. The number of pyridine rings is 1. The van der Waals surface area contributed by atoms with E-state index in [1.165, 1.54) is 0 Å². The molecule has 0 aliphatic rings. The summed E-state index contributed by atoms with van der Waals surface area (Å²) in [6.07, 6.45) is 2.85. The van der Waals surface area contributed by atoms with Crippen LogP contribution < -0.4 is 0 Å². The Kier molecular flexibility index (Phi) is 2.61. The highest BCUT2D eigenvalue weighted by molar-refractivity contribution is 5.83. The number of hydrogen-bond acceptors (Lipinski definition) is 3. The molecule has 1 atom stereocenters. The second-order valence-electron chi connectivity index (χ2n) is 4.29. The van der Waals surface area contributed by atoms with E-state index in [1.54, 1.807) is 19.3 Å². The van der Waals surface area contributed by atoms with Crippen LogP contribution in [0.2, 0.25) is 0 Å². The minimum atomic E-state index is -0.545. The highest BCUT2D eigenvalue weighted by Crippen LogP contribution is 2.31. The molecule has 0 saturated heterocycles. The van der Waals surface area contributed by atoms with Crippen LogP contribution in [-0.4, -0.2) is 10.1 Å². The first-order chi connectivity index (χ1) is 8.75. The van der Waals surface area contributed by atoms with Crippen molar-refractivity contribution in [3.8, 4) is 11.3 Å². The smallest absolute Gasteiger partial charge is 0.137 e. The van der Waals surface area contributed by atoms with Crippen LogP contribution >= 0.6 is 0 Å². The molecule has 3 rings (SSSR count). The van der Waals surface area contributed by atoms with Crippen molar-refractivity contribution >= 4 is 11.0 Å². The molecule has 0 radical (unpaired) electrons. The summed E-state index contributed by atoms with van der Waals surface area (Å²) in [5, 5.41) is 10.8. The van der Waals surface area contributed by atoms with Gasteiger partial charge in [-0.1, -0.05) is 18.2 Å². The van der Waals surface area contributed by atoms with Crippen molar-refractivity contribution in [3.63, 3.8) is 0 Å². The summed E-state index contributed by atoms with van der Waals surface area (Å²) >= 11 is 0. The topological polar surface area (TPSA) is 46.3 Å². The Balaban J connectivity index is 2.20. The number of aliphatic hydroxyl groups is 1. The number of fused-ring (bicyclic) bond motifs is 1. The lowest BCUT2D eigenvalue weighted by Crippen LogP contribution is -1.94. The largest absolute Gasteiger partial charge is 0.456 e. The molecule has 1 unspecified atom stereocenters. The molecule has 1 N–H and O–H groups in total. The van der Waals surface area contributed by atoms with E-state index < -0.39 is 6.10 Å². The van der Waals surface area contributed by atoms with Crippen LogP contribution in [0.25, 0.3) is 22.3 Å². The van der Waals surface area contributed by atoms with Crippen LogP contribution in [0.3, 0.4) is 0 Å². The number of hydrogen-bond donors (Lipinski definition) is 1. The Bertz CT molecular complexity index is 653. The van der Waals surface area contributed by atoms with E-state index in [1.807, 2.05) is 36.4 Å².